The van der Waals surface area contributed by atoms with Crippen LogP contribution in [0.1, 0.15) is 31.1 Å². The lowest BCUT2D eigenvalue weighted by Crippen LogP contribution is -2.62. The van der Waals surface area contributed by atoms with Gasteiger partial charge in [0.15, 0.2) is 0 Å². The Kier molecular flexibility index (Phi) is 8.46. The second-order valence-corrected chi connectivity index (χ2v) is 11.4. The van der Waals surface area contributed by atoms with E-state index in [2.05, 4.69) is 56.3 Å². The van der Waals surface area contributed by atoms with Gasteiger partial charge in [0.1, 0.15) is 23.0 Å². The molecule has 2 aliphatic rings. The van der Waals surface area contributed by atoms with Crippen molar-refractivity contribution in [1.29, 1.82) is 5.26 Å². The van der Waals surface area contributed by atoms with Gasteiger partial charge >= 0.3 is 6.36 Å². The van der Waals surface area contributed by atoms with Gasteiger partial charge in [0, 0.05) is 77.1 Å². The fourth-order valence-electron chi connectivity index (χ4n) is 6.10. The summed E-state index contributed by atoms with van der Waals surface area (Å²) >= 11 is 0. The van der Waals surface area contributed by atoms with Crippen molar-refractivity contribution in [3.05, 3.63) is 64.1 Å². The van der Waals surface area contributed by atoms with Crippen LogP contribution in [0.3, 0.4) is 0 Å². The summed E-state index contributed by atoms with van der Waals surface area (Å²) in [6.45, 7) is 10.1. The summed E-state index contributed by atoms with van der Waals surface area (Å²) in [5.74, 6) is -0.243. The van der Waals surface area contributed by atoms with Crippen molar-refractivity contribution in [3.8, 4) is 11.8 Å². The molecule has 0 radical (unpaired) electrons. The Hall–Kier alpha value is -3.66. The van der Waals surface area contributed by atoms with E-state index in [4.69, 9.17) is 0 Å². The summed E-state index contributed by atoms with van der Waals surface area (Å²) in [7, 11) is 3.82. The van der Waals surface area contributed by atoms with Gasteiger partial charge in [-0.25, -0.2) is 4.98 Å². The van der Waals surface area contributed by atoms with Crippen LogP contribution in [-0.2, 0) is 7.05 Å². The molecular weight excluding hydrogens is 547 g/mol. The standard InChI is InChI=1S/C30H36F3N7O2/c1-20-17-40(21(2)22-5-8-25(9-6-22)42-30(31,32)33)24(18-38-13-11-36(3)12-14-38)19-39(20)27-15-28(41)37(4)26-10-7-23(16-34)35-29(26)27/h5-10,15,20-21,24H,11-14,17-19H2,1-4H3/t20-,21?,24+/m0/s1. The van der Waals surface area contributed by atoms with Gasteiger partial charge in [0.2, 0.25) is 0 Å². The fraction of sp³-hybridized carbons (Fsp3) is 0.500. The first-order valence-corrected chi connectivity index (χ1v) is 14.1. The van der Waals surface area contributed by atoms with E-state index in [0.29, 0.717) is 29.8 Å². The van der Waals surface area contributed by atoms with Crippen LogP contribution in [0, 0.1) is 11.3 Å². The lowest BCUT2D eigenvalue weighted by molar-refractivity contribution is -0.274. The summed E-state index contributed by atoms with van der Waals surface area (Å²) in [6.07, 6.45) is -4.74. The summed E-state index contributed by atoms with van der Waals surface area (Å²) in [5.41, 5.74) is 3.02. The first kappa shape index (κ1) is 29.8. The molecule has 4 heterocycles. The summed E-state index contributed by atoms with van der Waals surface area (Å²) < 4.78 is 43.8. The Morgan fingerprint density at radius 3 is 2.40 bits per heavy atom. The van der Waals surface area contributed by atoms with Crippen LogP contribution in [0.5, 0.6) is 5.75 Å². The minimum Gasteiger partial charge on any atom is -0.406 e. The van der Waals surface area contributed by atoms with Crippen molar-refractivity contribution >= 4 is 16.7 Å². The maximum atomic E-state index is 13.0. The van der Waals surface area contributed by atoms with E-state index < -0.39 is 6.36 Å². The molecule has 2 fully saturated rings. The van der Waals surface area contributed by atoms with Crippen LogP contribution in [0.4, 0.5) is 18.9 Å². The van der Waals surface area contributed by atoms with E-state index in [9.17, 15) is 23.2 Å². The highest BCUT2D eigenvalue weighted by Crippen LogP contribution is 2.34. The third kappa shape index (κ3) is 6.38. The molecule has 2 saturated heterocycles. The molecule has 3 atom stereocenters. The summed E-state index contributed by atoms with van der Waals surface area (Å²) in [6, 6.07) is 13.2. The van der Waals surface area contributed by atoms with Gasteiger partial charge in [0.25, 0.3) is 5.56 Å². The number of piperazine rings is 2. The molecule has 2 aromatic heterocycles. The first-order valence-electron chi connectivity index (χ1n) is 14.1. The normalized spacial score (nSPS) is 21.8. The number of ether oxygens (including phenoxy) is 1. The third-order valence-corrected chi connectivity index (χ3v) is 8.53. The minimum absolute atomic E-state index is 0.00752. The number of hydrogen-bond donors (Lipinski definition) is 0. The zero-order chi connectivity index (χ0) is 30.2. The van der Waals surface area contributed by atoms with Crippen molar-refractivity contribution in [2.75, 3.05) is 57.8 Å². The lowest BCUT2D eigenvalue weighted by Gasteiger charge is -2.50. The maximum Gasteiger partial charge on any atom is 0.573 e. The van der Waals surface area contributed by atoms with Crippen molar-refractivity contribution in [1.82, 2.24) is 24.3 Å². The van der Waals surface area contributed by atoms with Crippen LogP contribution in [0.25, 0.3) is 11.0 Å². The number of halogens is 3. The SMILES string of the molecule is CC(c1ccc(OC(F)(F)F)cc1)N1C[C@H](C)N(c2cc(=O)n(C)c3ccc(C#N)nc23)C[C@H]1CN1CCN(C)CC1. The molecule has 0 aliphatic carbocycles. The van der Waals surface area contributed by atoms with Gasteiger partial charge in [-0.3, -0.25) is 14.6 Å². The third-order valence-electron chi connectivity index (χ3n) is 8.53. The maximum absolute atomic E-state index is 13.0. The molecule has 3 aromatic rings. The van der Waals surface area contributed by atoms with Crippen LogP contribution >= 0.6 is 0 Å². The molecule has 2 aliphatic heterocycles. The van der Waals surface area contributed by atoms with E-state index >= 15 is 0 Å². The van der Waals surface area contributed by atoms with E-state index in [1.807, 2.05) is 0 Å². The molecule has 12 heteroatoms. The van der Waals surface area contributed by atoms with Gasteiger partial charge in [-0.2, -0.15) is 5.26 Å². The number of pyridine rings is 2. The molecule has 42 heavy (non-hydrogen) atoms. The van der Waals surface area contributed by atoms with Crippen LogP contribution in [0.2, 0.25) is 0 Å². The number of benzene rings is 1. The van der Waals surface area contributed by atoms with Crippen molar-refractivity contribution < 1.29 is 17.9 Å². The predicted octanol–water partition coefficient (Wildman–Crippen LogP) is 3.59. The molecule has 9 nitrogen and oxygen atoms in total. The number of aromatic nitrogens is 2. The molecular formula is C30H36F3N7O2. The largest absolute Gasteiger partial charge is 0.573 e. The summed E-state index contributed by atoms with van der Waals surface area (Å²) in [4.78, 5) is 27.0. The Labute approximate surface area is 243 Å². The number of nitrogens with zero attached hydrogens (tertiary/aromatic N) is 7. The second-order valence-electron chi connectivity index (χ2n) is 11.4. The number of fused-ring (bicyclic) bond motifs is 1. The highest BCUT2D eigenvalue weighted by atomic mass is 19.4. The van der Waals surface area contributed by atoms with Crippen LogP contribution < -0.4 is 15.2 Å². The van der Waals surface area contributed by atoms with Crippen molar-refractivity contribution in [3.63, 3.8) is 0 Å². The number of likely N-dealkylation sites (N-methyl/N-ethyl adjacent to an activating group) is 1. The smallest absolute Gasteiger partial charge is 0.406 e. The molecule has 0 saturated carbocycles. The van der Waals surface area contributed by atoms with Gasteiger partial charge in [-0.05, 0) is 50.7 Å². The highest BCUT2D eigenvalue weighted by Gasteiger charge is 2.37. The topological polar surface area (TPSA) is 80.9 Å². The Morgan fingerprint density at radius 1 is 1.07 bits per heavy atom. The Bertz CT molecular complexity index is 1510. The minimum atomic E-state index is -4.74. The average molecular weight is 584 g/mol. The van der Waals surface area contributed by atoms with Crippen molar-refractivity contribution in [2.45, 2.75) is 38.3 Å². The highest BCUT2D eigenvalue weighted by molar-refractivity contribution is 5.89. The van der Waals surface area contributed by atoms with Crippen LogP contribution in [-0.4, -0.2) is 95.6 Å². The molecule has 224 valence electrons. The molecule has 0 N–H and O–H groups in total. The molecule has 0 spiro atoms. The number of alkyl halides is 3. The first-order chi connectivity index (χ1) is 19.9. The number of anilines is 1. The average Bonchev–Trinajstić information content (AvgIpc) is 2.96. The Balaban J connectivity index is 1.48. The van der Waals surface area contributed by atoms with E-state index in [-0.39, 0.29) is 35.1 Å². The summed E-state index contributed by atoms with van der Waals surface area (Å²) in [5, 5.41) is 9.52. The van der Waals surface area contributed by atoms with E-state index in [0.717, 1.165) is 38.3 Å². The van der Waals surface area contributed by atoms with Gasteiger partial charge in [-0.1, -0.05) is 12.1 Å². The monoisotopic (exact) mass is 583 g/mol. The molecule has 0 bridgehead atoms. The predicted molar refractivity (Wildman–Crippen MR) is 154 cm³/mol. The lowest BCUT2D eigenvalue weighted by atomic mass is 9.98. The fourth-order valence-corrected chi connectivity index (χ4v) is 6.10. The Morgan fingerprint density at radius 2 is 1.76 bits per heavy atom. The molecule has 5 rings (SSSR count). The zero-order valence-electron chi connectivity index (χ0n) is 24.3. The zero-order valence-corrected chi connectivity index (χ0v) is 24.3. The van der Waals surface area contributed by atoms with Crippen molar-refractivity contribution in [2.24, 2.45) is 7.05 Å². The van der Waals surface area contributed by atoms with Gasteiger partial charge < -0.3 is 19.1 Å². The molecule has 0 amide bonds. The van der Waals surface area contributed by atoms with Crippen LogP contribution in [0.15, 0.2) is 47.3 Å². The number of rotatable bonds is 6. The van der Waals surface area contributed by atoms with E-state index in [1.165, 1.54) is 12.1 Å². The number of hydrogen-bond acceptors (Lipinski definition) is 8. The molecule has 1 unspecified atom stereocenters. The number of nitriles is 1. The van der Waals surface area contributed by atoms with E-state index in [1.54, 1.807) is 41.9 Å². The number of aryl methyl sites for hydroxylation is 1. The van der Waals surface area contributed by atoms with Gasteiger partial charge in [0.05, 0.1) is 11.2 Å². The quantitative estimate of drug-likeness (QED) is 0.436. The molecule has 1 aromatic carbocycles. The van der Waals surface area contributed by atoms with Gasteiger partial charge in [-0.15, -0.1) is 13.2 Å². The second kappa shape index (κ2) is 11.9.